The van der Waals surface area contributed by atoms with Crippen LogP contribution in [0, 0.1) is 5.41 Å². The first-order valence-corrected chi connectivity index (χ1v) is 4.07. The zero-order valence-corrected chi connectivity index (χ0v) is 7.50. The van der Waals surface area contributed by atoms with E-state index < -0.39 is 0 Å². The van der Waals surface area contributed by atoms with E-state index in [1.807, 2.05) is 24.3 Å². The molecule has 1 aromatic carbocycles. The second kappa shape index (κ2) is 4.40. The number of benzene rings is 1. The molecule has 0 aromatic heterocycles. The number of anilines is 1. The van der Waals surface area contributed by atoms with Gasteiger partial charge >= 0.3 is 0 Å². The maximum atomic E-state index is 10.1. The normalized spacial score (nSPS) is 9.31. The minimum atomic E-state index is 0.282. The molecule has 0 spiro atoms. The number of rotatable bonds is 4. The lowest BCUT2D eigenvalue weighted by Gasteiger charge is -2.07. The molecule has 0 heterocycles. The van der Waals surface area contributed by atoms with Crippen LogP contribution in [0.1, 0.15) is 12.5 Å². The van der Waals surface area contributed by atoms with Crippen LogP contribution in [-0.4, -0.2) is 18.5 Å². The molecule has 0 saturated heterocycles. The third-order valence-corrected chi connectivity index (χ3v) is 1.71. The lowest BCUT2D eigenvalue weighted by atomic mass is 10.1. The molecule has 3 heteroatoms. The van der Waals surface area contributed by atoms with Gasteiger partial charge in [0.1, 0.15) is 6.29 Å². The number of nitrogens with one attached hydrogen (secondary N) is 2. The summed E-state index contributed by atoms with van der Waals surface area (Å²) in [5.41, 5.74) is 2.17. The third-order valence-electron chi connectivity index (χ3n) is 1.71. The Kier molecular flexibility index (Phi) is 3.20. The van der Waals surface area contributed by atoms with E-state index in [0.29, 0.717) is 5.71 Å². The lowest BCUT2D eigenvalue weighted by molar-refractivity contribution is -0.106. The summed E-state index contributed by atoms with van der Waals surface area (Å²) in [7, 11) is 0. The second-order valence-electron chi connectivity index (χ2n) is 2.72. The Labute approximate surface area is 77.3 Å². The van der Waals surface area contributed by atoms with Gasteiger partial charge in [0.15, 0.2) is 0 Å². The van der Waals surface area contributed by atoms with E-state index in [4.69, 9.17) is 5.41 Å². The topological polar surface area (TPSA) is 53.0 Å². The van der Waals surface area contributed by atoms with Gasteiger partial charge in [-0.05, 0) is 13.0 Å². The van der Waals surface area contributed by atoms with Gasteiger partial charge in [-0.1, -0.05) is 18.2 Å². The first kappa shape index (κ1) is 9.45. The van der Waals surface area contributed by atoms with Crippen LogP contribution in [0.5, 0.6) is 0 Å². The van der Waals surface area contributed by atoms with Crippen LogP contribution < -0.4 is 5.32 Å². The average Bonchev–Trinajstić information content (AvgIpc) is 2.15. The Hall–Kier alpha value is -1.64. The Bertz CT molecular complexity index is 320. The molecule has 0 aliphatic rings. The smallest absolute Gasteiger partial charge is 0.139 e. The summed E-state index contributed by atoms with van der Waals surface area (Å²) in [6, 6.07) is 7.46. The van der Waals surface area contributed by atoms with E-state index >= 15 is 0 Å². The molecular formula is C10H12N2O. The first-order valence-electron chi connectivity index (χ1n) is 4.07. The summed E-state index contributed by atoms with van der Waals surface area (Å²) in [5, 5.41) is 10.4. The molecule has 1 aromatic rings. The van der Waals surface area contributed by atoms with Gasteiger partial charge in [0, 0.05) is 17.0 Å². The van der Waals surface area contributed by atoms with Gasteiger partial charge in [-0.3, -0.25) is 0 Å². The van der Waals surface area contributed by atoms with Gasteiger partial charge in [0.2, 0.25) is 0 Å². The van der Waals surface area contributed by atoms with E-state index in [0.717, 1.165) is 17.5 Å². The predicted molar refractivity (Wildman–Crippen MR) is 53.5 cm³/mol. The van der Waals surface area contributed by atoms with E-state index in [1.165, 1.54) is 0 Å². The molecule has 0 unspecified atom stereocenters. The highest BCUT2D eigenvalue weighted by Gasteiger charge is 2.01. The van der Waals surface area contributed by atoms with Crippen molar-refractivity contribution in [3.8, 4) is 0 Å². The maximum absolute atomic E-state index is 10.1. The molecule has 0 atom stereocenters. The summed E-state index contributed by atoms with van der Waals surface area (Å²) in [6.45, 7) is 2.01. The standard InChI is InChI=1S/C10H12N2O/c1-8(11)9-4-2-3-5-10(9)12-6-7-13/h2-5,7,11-12H,6H2,1H3. The molecule has 0 amide bonds. The predicted octanol–water partition coefficient (Wildman–Crippen LogP) is 1.69. The highest BCUT2D eigenvalue weighted by Crippen LogP contribution is 2.14. The van der Waals surface area contributed by atoms with Gasteiger partial charge in [-0.25, -0.2) is 0 Å². The van der Waals surface area contributed by atoms with Crippen LogP contribution >= 0.6 is 0 Å². The number of para-hydroxylation sites is 1. The number of hydrogen-bond donors (Lipinski definition) is 2. The van der Waals surface area contributed by atoms with Crippen molar-refractivity contribution in [2.75, 3.05) is 11.9 Å². The van der Waals surface area contributed by atoms with Crippen molar-refractivity contribution in [2.24, 2.45) is 0 Å². The Morgan fingerprint density at radius 2 is 2.23 bits per heavy atom. The van der Waals surface area contributed by atoms with E-state index in [1.54, 1.807) is 6.92 Å². The van der Waals surface area contributed by atoms with E-state index in [2.05, 4.69) is 5.32 Å². The van der Waals surface area contributed by atoms with Crippen molar-refractivity contribution in [1.29, 1.82) is 5.41 Å². The molecule has 0 radical (unpaired) electrons. The highest BCUT2D eigenvalue weighted by molar-refractivity contribution is 6.01. The maximum Gasteiger partial charge on any atom is 0.139 e. The molecule has 13 heavy (non-hydrogen) atoms. The van der Waals surface area contributed by atoms with Crippen molar-refractivity contribution in [2.45, 2.75) is 6.92 Å². The first-order chi connectivity index (χ1) is 6.25. The van der Waals surface area contributed by atoms with Crippen LogP contribution in [0.4, 0.5) is 5.69 Å². The fourth-order valence-electron chi connectivity index (χ4n) is 1.12. The molecule has 0 aliphatic carbocycles. The minimum absolute atomic E-state index is 0.282. The zero-order chi connectivity index (χ0) is 9.68. The molecule has 1 rings (SSSR count). The third kappa shape index (κ3) is 2.40. The monoisotopic (exact) mass is 176 g/mol. The second-order valence-corrected chi connectivity index (χ2v) is 2.72. The number of carbonyl (C=O) groups excluding carboxylic acids is 1. The largest absolute Gasteiger partial charge is 0.378 e. The van der Waals surface area contributed by atoms with Crippen molar-refractivity contribution in [3.63, 3.8) is 0 Å². The van der Waals surface area contributed by atoms with Gasteiger partial charge < -0.3 is 15.5 Å². The quantitative estimate of drug-likeness (QED) is 0.541. The molecule has 0 aliphatic heterocycles. The summed E-state index contributed by atoms with van der Waals surface area (Å²) < 4.78 is 0. The highest BCUT2D eigenvalue weighted by atomic mass is 16.1. The summed E-state index contributed by atoms with van der Waals surface area (Å²) in [6.07, 6.45) is 0.802. The van der Waals surface area contributed by atoms with Crippen molar-refractivity contribution >= 4 is 17.7 Å². The van der Waals surface area contributed by atoms with Crippen LogP contribution in [0.25, 0.3) is 0 Å². The summed E-state index contributed by atoms with van der Waals surface area (Å²) in [5.74, 6) is 0. The van der Waals surface area contributed by atoms with Gasteiger partial charge in [-0.2, -0.15) is 0 Å². The Morgan fingerprint density at radius 3 is 2.85 bits per heavy atom. The van der Waals surface area contributed by atoms with E-state index in [9.17, 15) is 4.79 Å². The van der Waals surface area contributed by atoms with Crippen LogP contribution in [0.15, 0.2) is 24.3 Å². The fourth-order valence-corrected chi connectivity index (χ4v) is 1.12. The lowest BCUT2D eigenvalue weighted by Crippen LogP contribution is -2.06. The van der Waals surface area contributed by atoms with Crippen LogP contribution in [0.2, 0.25) is 0 Å². The van der Waals surface area contributed by atoms with E-state index in [-0.39, 0.29) is 6.54 Å². The SMILES string of the molecule is CC(=N)c1ccccc1NCC=O. The number of hydrogen-bond acceptors (Lipinski definition) is 3. The number of carbonyl (C=O) groups is 1. The van der Waals surface area contributed by atoms with Crippen molar-refractivity contribution < 1.29 is 4.79 Å². The fraction of sp³-hybridized carbons (Fsp3) is 0.200. The van der Waals surface area contributed by atoms with Crippen molar-refractivity contribution in [1.82, 2.24) is 0 Å². The average molecular weight is 176 g/mol. The summed E-state index contributed by atoms with van der Waals surface area (Å²) in [4.78, 5) is 10.1. The molecule has 0 fully saturated rings. The van der Waals surface area contributed by atoms with Gasteiger partial charge in [-0.15, -0.1) is 0 Å². The van der Waals surface area contributed by atoms with Gasteiger partial charge in [0.25, 0.3) is 0 Å². The zero-order valence-electron chi connectivity index (χ0n) is 7.50. The molecule has 2 N–H and O–H groups in total. The molecule has 0 bridgehead atoms. The minimum Gasteiger partial charge on any atom is -0.378 e. The number of aldehydes is 1. The van der Waals surface area contributed by atoms with Gasteiger partial charge in [0.05, 0.1) is 6.54 Å². The Morgan fingerprint density at radius 1 is 1.54 bits per heavy atom. The molecular weight excluding hydrogens is 164 g/mol. The van der Waals surface area contributed by atoms with Crippen LogP contribution in [0.3, 0.4) is 0 Å². The molecule has 68 valence electrons. The summed E-state index contributed by atoms with van der Waals surface area (Å²) >= 11 is 0. The molecule has 0 saturated carbocycles. The molecule has 3 nitrogen and oxygen atoms in total. The Balaban J connectivity index is 2.90. The van der Waals surface area contributed by atoms with Crippen LogP contribution in [-0.2, 0) is 4.79 Å². The van der Waals surface area contributed by atoms with Crippen molar-refractivity contribution in [3.05, 3.63) is 29.8 Å².